The molecule has 10 nitrogen and oxygen atoms in total. The van der Waals surface area contributed by atoms with E-state index in [0.717, 1.165) is 17.9 Å². The highest BCUT2D eigenvalue weighted by Crippen LogP contribution is 2.37. The number of halogens is 4. The number of H-pyrrole nitrogens is 1. The molecule has 1 saturated carbocycles. The Hall–Kier alpha value is -2.81. The Bertz CT molecular complexity index is 1480. The third-order valence-corrected chi connectivity index (χ3v) is 10.2. The summed E-state index contributed by atoms with van der Waals surface area (Å²) in [6, 6.07) is 6.99. The highest BCUT2D eigenvalue weighted by Gasteiger charge is 2.48. The zero-order chi connectivity index (χ0) is 33.6. The van der Waals surface area contributed by atoms with Crippen LogP contribution in [0.3, 0.4) is 0 Å². The first-order chi connectivity index (χ1) is 21.7. The van der Waals surface area contributed by atoms with Crippen LogP contribution in [0.5, 0.6) is 5.75 Å². The third kappa shape index (κ3) is 9.17. The number of hydrogen-bond donors (Lipinski definition) is 1. The molecule has 2 aliphatic rings. The molecule has 0 bridgehead atoms. The summed E-state index contributed by atoms with van der Waals surface area (Å²) >= 11 is 5.76. The molecule has 46 heavy (non-hydrogen) atoms. The van der Waals surface area contributed by atoms with Crippen LogP contribution in [0, 0.1) is 0 Å². The molecule has 0 spiro atoms. The number of hydrogen-bond acceptors (Lipinski definition) is 7. The number of methoxy groups -OCH3 is 1. The fourth-order valence-corrected chi connectivity index (χ4v) is 7.56. The molecule has 0 unspecified atom stereocenters. The average Bonchev–Trinajstić information content (AvgIpc) is 3.33. The summed E-state index contributed by atoms with van der Waals surface area (Å²) in [7, 11) is -2.20. The molecule has 256 valence electrons. The number of sulfonamides is 1. The van der Waals surface area contributed by atoms with Crippen LogP contribution in [-0.2, 0) is 32.2 Å². The van der Waals surface area contributed by atoms with Crippen LogP contribution < -0.4 is 10.3 Å². The van der Waals surface area contributed by atoms with Gasteiger partial charge in [0, 0.05) is 36.3 Å². The van der Waals surface area contributed by atoms with Crippen molar-refractivity contribution in [3.8, 4) is 5.75 Å². The molecule has 1 aliphatic heterocycles. The van der Waals surface area contributed by atoms with E-state index in [2.05, 4.69) is 4.98 Å². The van der Waals surface area contributed by atoms with Gasteiger partial charge in [-0.1, -0.05) is 12.1 Å². The van der Waals surface area contributed by atoms with E-state index in [0.29, 0.717) is 56.2 Å². The van der Waals surface area contributed by atoms with Crippen molar-refractivity contribution in [2.24, 2.45) is 0 Å². The second kappa shape index (κ2) is 15.4. The van der Waals surface area contributed by atoms with Gasteiger partial charge in [-0.15, -0.1) is 11.6 Å². The Kier molecular flexibility index (Phi) is 12.1. The summed E-state index contributed by atoms with van der Waals surface area (Å²) in [5.74, 6) is 0.682. The second-order valence-electron chi connectivity index (χ2n) is 11.9. The van der Waals surface area contributed by atoms with E-state index in [9.17, 15) is 31.2 Å². The predicted molar refractivity (Wildman–Crippen MR) is 167 cm³/mol. The molecule has 2 aromatic rings. The number of nitrogens with one attached hydrogen (secondary N) is 1. The van der Waals surface area contributed by atoms with Gasteiger partial charge in [0.1, 0.15) is 5.75 Å². The summed E-state index contributed by atoms with van der Waals surface area (Å²) in [6.07, 6.45) is -1.51. The molecule has 1 N–H and O–H groups in total. The molecular formula is C31H41ClF3N3O7S. The van der Waals surface area contributed by atoms with Crippen LogP contribution in [0.2, 0.25) is 0 Å². The quantitative estimate of drug-likeness (QED) is 0.231. The normalized spacial score (nSPS) is 23.9. The number of aromatic nitrogens is 1. The van der Waals surface area contributed by atoms with Crippen LogP contribution >= 0.6 is 11.6 Å². The molecule has 2 heterocycles. The lowest BCUT2D eigenvalue weighted by Gasteiger charge is -2.36. The van der Waals surface area contributed by atoms with Gasteiger partial charge in [0.05, 0.1) is 44.3 Å². The Morgan fingerprint density at radius 2 is 1.80 bits per heavy atom. The minimum absolute atomic E-state index is 0.0317. The van der Waals surface area contributed by atoms with Crippen molar-refractivity contribution in [1.29, 1.82) is 0 Å². The number of aromatic amines is 1. The van der Waals surface area contributed by atoms with E-state index < -0.39 is 45.5 Å². The van der Waals surface area contributed by atoms with Crippen molar-refractivity contribution in [2.45, 2.75) is 88.3 Å². The Morgan fingerprint density at radius 1 is 1.13 bits per heavy atom. The van der Waals surface area contributed by atoms with Gasteiger partial charge in [0.25, 0.3) is 0 Å². The van der Waals surface area contributed by atoms with Crippen LogP contribution in [-0.4, -0.2) is 85.4 Å². The standard InChI is InChI=1S/C31H41ClF3N3O7S/c1-20-15-27(37(46(3,41)42)18-21-5-9-24(43-2)10-6-21)28(38(20)30(40)44-14-4-13-32)19-45-25-11-7-22(8-12-25)26-16-23(31(33,34)35)17-29(39)36-26/h5-6,9-10,16-17,20,22,25,27-28H,4,7-8,11-15,18-19H2,1-3H3,(H,36,39)/t20-,22?,25?,27+,28+/m1/s1. The smallest absolute Gasteiger partial charge is 0.416 e. The first-order valence-electron chi connectivity index (χ1n) is 15.2. The first-order valence-corrected chi connectivity index (χ1v) is 17.6. The topological polar surface area (TPSA) is 118 Å². The summed E-state index contributed by atoms with van der Waals surface area (Å²) < 4.78 is 84.6. The highest BCUT2D eigenvalue weighted by atomic mass is 35.5. The Labute approximate surface area is 272 Å². The Morgan fingerprint density at radius 3 is 2.39 bits per heavy atom. The summed E-state index contributed by atoms with van der Waals surface area (Å²) in [6.45, 7) is 2.06. The van der Waals surface area contributed by atoms with Crippen molar-refractivity contribution < 1.29 is 40.6 Å². The predicted octanol–water partition coefficient (Wildman–Crippen LogP) is 5.50. The van der Waals surface area contributed by atoms with Crippen molar-refractivity contribution >= 4 is 27.7 Å². The summed E-state index contributed by atoms with van der Waals surface area (Å²) in [4.78, 5) is 29.3. The van der Waals surface area contributed by atoms with E-state index in [1.165, 1.54) is 4.31 Å². The fraction of sp³-hybridized carbons (Fsp3) is 0.613. The number of alkyl halides is 4. The summed E-state index contributed by atoms with van der Waals surface area (Å²) in [5, 5.41) is 0. The van der Waals surface area contributed by atoms with Crippen molar-refractivity contribution in [3.63, 3.8) is 0 Å². The van der Waals surface area contributed by atoms with Gasteiger partial charge in [-0.3, -0.25) is 9.69 Å². The van der Waals surface area contributed by atoms with E-state index in [1.807, 2.05) is 6.92 Å². The highest BCUT2D eigenvalue weighted by molar-refractivity contribution is 7.88. The van der Waals surface area contributed by atoms with Gasteiger partial charge >= 0.3 is 12.3 Å². The van der Waals surface area contributed by atoms with Gasteiger partial charge in [-0.25, -0.2) is 13.2 Å². The first kappa shape index (κ1) is 36.0. The van der Waals surface area contributed by atoms with Crippen LogP contribution in [0.1, 0.15) is 68.2 Å². The van der Waals surface area contributed by atoms with Gasteiger partial charge in [0.15, 0.2) is 0 Å². The molecule has 1 aliphatic carbocycles. The molecule has 2 fully saturated rings. The van der Waals surface area contributed by atoms with Crippen molar-refractivity contribution in [3.05, 3.63) is 63.6 Å². The molecule has 0 radical (unpaired) electrons. The fourth-order valence-electron chi connectivity index (χ4n) is 6.35. The number of pyridine rings is 1. The number of benzene rings is 1. The maximum atomic E-state index is 13.3. The van der Waals surface area contributed by atoms with Gasteiger partial charge in [-0.2, -0.15) is 17.5 Å². The average molecular weight is 692 g/mol. The third-order valence-electron chi connectivity index (χ3n) is 8.68. The largest absolute Gasteiger partial charge is 0.497 e. The number of nitrogens with zero attached hydrogens (tertiary/aromatic N) is 2. The lowest BCUT2D eigenvalue weighted by molar-refractivity contribution is -0.137. The molecule has 15 heteroatoms. The number of carbonyl (C=O) groups is 1. The molecular weight excluding hydrogens is 651 g/mol. The molecule has 3 atom stereocenters. The SMILES string of the molecule is COc1ccc(CN([C@H]2C[C@@H](C)N(C(=O)OCCCCl)[C@H]2COC2CCC(c3cc(C(F)(F)F)cc(=O)[nH]3)CC2)S(C)(=O)=O)cc1. The van der Waals surface area contributed by atoms with E-state index >= 15 is 0 Å². The zero-order valence-corrected chi connectivity index (χ0v) is 27.7. The van der Waals surface area contributed by atoms with Crippen LogP contribution in [0.4, 0.5) is 18.0 Å². The number of likely N-dealkylation sites (tertiary alicyclic amines) is 1. The molecule has 1 amide bonds. The molecule has 4 rings (SSSR count). The lowest BCUT2D eigenvalue weighted by atomic mass is 9.84. The summed E-state index contributed by atoms with van der Waals surface area (Å²) in [5.41, 5.74) is -0.786. The van der Waals surface area contributed by atoms with E-state index in [-0.39, 0.29) is 43.5 Å². The van der Waals surface area contributed by atoms with Crippen LogP contribution in [0.15, 0.2) is 41.2 Å². The number of amides is 1. The number of carbonyl (C=O) groups excluding carboxylic acids is 1. The van der Waals surface area contributed by atoms with Gasteiger partial charge in [0.2, 0.25) is 15.6 Å². The lowest BCUT2D eigenvalue weighted by Crippen LogP contribution is -2.52. The zero-order valence-electron chi connectivity index (χ0n) is 26.1. The van der Waals surface area contributed by atoms with E-state index in [4.69, 9.17) is 25.8 Å². The van der Waals surface area contributed by atoms with Gasteiger partial charge in [-0.05, 0) is 75.1 Å². The monoisotopic (exact) mass is 691 g/mol. The van der Waals surface area contributed by atoms with Crippen LogP contribution in [0.25, 0.3) is 0 Å². The number of ether oxygens (including phenoxy) is 3. The Balaban J connectivity index is 1.51. The van der Waals surface area contributed by atoms with Gasteiger partial charge < -0.3 is 19.2 Å². The van der Waals surface area contributed by atoms with Crippen molar-refractivity contribution in [1.82, 2.24) is 14.2 Å². The molecule has 1 saturated heterocycles. The minimum atomic E-state index is -4.62. The van der Waals surface area contributed by atoms with Crippen molar-refractivity contribution in [2.75, 3.05) is 32.5 Å². The molecule has 1 aromatic carbocycles. The minimum Gasteiger partial charge on any atom is -0.497 e. The van der Waals surface area contributed by atoms with E-state index in [1.54, 1.807) is 36.3 Å². The maximum absolute atomic E-state index is 13.3. The second-order valence-corrected chi connectivity index (χ2v) is 14.2. The molecule has 1 aromatic heterocycles. The maximum Gasteiger partial charge on any atom is 0.416 e. The number of rotatable bonds is 12.